The molecule has 0 atom stereocenters. The number of ether oxygens (including phenoxy) is 2. The third-order valence-corrected chi connectivity index (χ3v) is 3.43. The molecule has 0 bridgehead atoms. The van der Waals surface area contributed by atoms with E-state index < -0.39 is 0 Å². The molecule has 1 aliphatic rings. The second kappa shape index (κ2) is 6.35. The van der Waals surface area contributed by atoms with Crippen LogP contribution >= 0.6 is 0 Å². The highest BCUT2D eigenvalue weighted by atomic mass is 16.7. The largest absolute Gasteiger partial charge is 0.454 e. The molecule has 22 heavy (non-hydrogen) atoms. The Balaban J connectivity index is 1.66. The van der Waals surface area contributed by atoms with Crippen LogP contribution in [0.2, 0.25) is 0 Å². The van der Waals surface area contributed by atoms with Gasteiger partial charge in [0.1, 0.15) is 0 Å². The van der Waals surface area contributed by atoms with Crippen molar-refractivity contribution in [1.29, 1.82) is 0 Å². The zero-order valence-corrected chi connectivity index (χ0v) is 12.3. The minimum atomic E-state index is -0.161. The lowest BCUT2D eigenvalue weighted by Crippen LogP contribution is -2.07. The molecule has 0 aromatic heterocycles. The first-order valence-electron chi connectivity index (χ1n) is 7.22. The minimum absolute atomic E-state index is 0.161. The standard InChI is InChI=1S/C18H17NO3/c1-2-13-4-3-5-15(10-13)19-18(20)9-7-14-6-8-16-17(11-14)22-12-21-16/h3-11H,2,12H2,1H3,(H,19,20)/b9-7+. The highest BCUT2D eigenvalue weighted by Gasteiger charge is 2.12. The monoisotopic (exact) mass is 295 g/mol. The normalized spacial score (nSPS) is 12.6. The van der Waals surface area contributed by atoms with Gasteiger partial charge in [-0.2, -0.15) is 0 Å². The number of carbonyl (C=O) groups excluding carboxylic acids is 1. The van der Waals surface area contributed by atoms with Gasteiger partial charge in [-0.25, -0.2) is 0 Å². The Labute approximate surface area is 129 Å². The quantitative estimate of drug-likeness (QED) is 0.876. The summed E-state index contributed by atoms with van der Waals surface area (Å²) in [6.07, 6.45) is 4.20. The summed E-state index contributed by atoms with van der Waals surface area (Å²) >= 11 is 0. The smallest absolute Gasteiger partial charge is 0.248 e. The molecule has 1 amide bonds. The molecule has 0 spiro atoms. The van der Waals surface area contributed by atoms with Gasteiger partial charge < -0.3 is 14.8 Å². The van der Waals surface area contributed by atoms with E-state index in [9.17, 15) is 4.79 Å². The number of amides is 1. The van der Waals surface area contributed by atoms with Crippen LogP contribution in [-0.2, 0) is 11.2 Å². The van der Waals surface area contributed by atoms with Crippen LogP contribution in [0.15, 0.2) is 48.5 Å². The van der Waals surface area contributed by atoms with E-state index >= 15 is 0 Å². The van der Waals surface area contributed by atoms with E-state index in [1.807, 2.05) is 42.5 Å². The van der Waals surface area contributed by atoms with Crippen LogP contribution in [-0.4, -0.2) is 12.7 Å². The fraction of sp³-hybridized carbons (Fsp3) is 0.167. The van der Waals surface area contributed by atoms with E-state index in [0.29, 0.717) is 5.75 Å². The predicted molar refractivity (Wildman–Crippen MR) is 86.0 cm³/mol. The van der Waals surface area contributed by atoms with Crippen molar-refractivity contribution in [3.8, 4) is 11.5 Å². The Morgan fingerprint density at radius 2 is 2.05 bits per heavy atom. The average molecular weight is 295 g/mol. The van der Waals surface area contributed by atoms with Crippen molar-refractivity contribution < 1.29 is 14.3 Å². The maximum Gasteiger partial charge on any atom is 0.248 e. The number of hydrogen-bond donors (Lipinski definition) is 1. The lowest BCUT2D eigenvalue weighted by molar-refractivity contribution is -0.111. The molecular weight excluding hydrogens is 278 g/mol. The maximum absolute atomic E-state index is 12.0. The van der Waals surface area contributed by atoms with E-state index in [2.05, 4.69) is 12.2 Å². The number of hydrogen-bond acceptors (Lipinski definition) is 3. The SMILES string of the molecule is CCc1cccc(NC(=O)/C=C/c2ccc3c(c2)OCO3)c1. The van der Waals surface area contributed by atoms with E-state index in [4.69, 9.17) is 9.47 Å². The van der Waals surface area contributed by atoms with Crippen molar-refractivity contribution in [3.63, 3.8) is 0 Å². The Morgan fingerprint density at radius 1 is 1.18 bits per heavy atom. The molecule has 2 aromatic carbocycles. The van der Waals surface area contributed by atoms with E-state index in [1.165, 1.54) is 11.6 Å². The lowest BCUT2D eigenvalue weighted by Gasteiger charge is -2.04. The second-order valence-corrected chi connectivity index (χ2v) is 4.99. The van der Waals surface area contributed by atoms with Crippen LogP contribution in [0.25, 0.3) is 6.08 Å². The van der Waals surface area contributed by atoms with Crippen LogP contribution in [0.5, 0.6) is 11.5 Å². The van der Waals surface area contributed by atoms with Crippen molar-refractivity contribution >= 4 is 17.7 Å². The van der Waals surface area contributed by atoms with Gasteiger partial charge in [0.05, 0.1) is 0 Å². The number of nitrogens with one attached hydrogen (secondary N) is 1. The molecule has 112 valence electrons. The van der Waals surface area contributed by atoms with Crippen LogP contribution < -0.4 is 14.8 Å². The van der Waals surface area contributed by atoms with Gasteiger partial charge in [-0.1, -0.05) is 25.1 Å². The zero-order valence-electron chi connectivity index (χ0n) is 12.3. The minimum Gasteiger partial charge on any atom is -0.454 e. The maximum atomic E-state index is 12.0. The summed E-state index contributed by atoms with van der Waals surface area (Å²) in [4.78, 5) is 12.0. The molecule has 1 N–H and O–H groups in total. The predicted octanol–water partition coefficient (Wildman–Crippen LogP) is 3.63. The Kier molecular flexibility index (Phi) is 4.10. The fourth-order valence-electron chi connectivity index (χ4n) is 2.24. The van der Waals surface area contributed by atoms with Gasteiger partial charge in [0.2, 0.25) is 12.7 Å². The summed E-state index contributed by atoms with van der Waals surface area (Å²) in [5.74, 6) is 1.28. The van der Waals surface area contributed by atoms with Crippen molar-refractivity contribution in [2.75, 3.05) is 12.1 Å². The van der Waals surface area contributed by atoms with E-state index in [0.717, 1.165) is 23.4 Å². The fourth-order valence-corrected chi connectivity index (χ4v) is 2.24. The molecular formula is C18H17NO3. The third-order valence-electron chi connectivity index (χ3n) is 3.43. The highest BCUT2D eigenvalue weighted by Crippen LogP contribution is 2.32. The topological polar surface area (TPSA) is 47.6 Å². The van der Waals surface area contributed by atoms with Crippen LogP contribution in [0, 0.1) is 0 Å². The summed E-state index contributed by atoms with van der Waals surface area (Å²) in [6, 6.07) is 13.4. The molecule has 1 heterocycles. The lowest BCUT2D eigenvalue weighted by atomic mass is 10.1. The molecule has 0 aliphatic carbocycles. The first kappa shape index (κ1) is 14.2. The zero-order chi connectivity index (χ0) is 15.4. The van der Waals surface area contributed by atoms with E-state index in [1.54, 1.807) is 6.08 Å². The highest BCUT2D eigenvalue weighted by molar-refractivity contribution is 6.02. The van der Waals surface area contributed by atoms with Crippen LogP contribution in [0.4, 0.5) is 5.69 Å². The Hall–Kier alpha value is -2.75. The summed E-state index contributed by atoms with van der Waals surface area (Å²) in [5.41, 5.74) is 2.89. The number of aryl methyl sites for hydroxylation is 1. The average Bonchev–Trinajstić information content (AvgIpc) is 3.00. The van der Waals surface area contributed by atoms with Crippen molar-refractivity contribution in [3.05, 3.63) is 59.7 Å². The Bertz CT molecular complexity index is 722. The van der Waals surface area contributed by atoms with Gasteiger partial charge in [-0.05, 0) is 47.9 Å². The third kappa shape index (κ3) is 3.28. The van der Waals surface area contributed by atoms with Crippen molar-refractivity contribution in [2.24, 2.45) is 0 Å². The summed E-state index contributed by atoms with van der Waals surface area (Å²) in [7, 11) is 0. The molecule has 0 saturated carbocycles. The number of fused-ring (bicyclic) bond motifs is 1. The summed E-state index contributed by atoms with van der Waals surface area (Å²) in [5, 5.41) is 2.86. The van der Waals surface area contributed by atoms with Crippen LogP contribution in [0.3, 0.4) is 0 Å². The van der Waals surface area contributed by atoms with Crippen molar-refractivity contribution in [1.82, 2.24) is 0 Å². The molecule has 4 heteroatoms. The van der Waals surface area contributed by atoms with Gasteiger partial charge in [0.15, 0.2) is 11.5 Å². The molecule has 1 aliphatic heterocycles. The number of carbonyl (C=O) groups is 1. The van der Waals surface area contributed by atoms with Gasteiger partial charge in [0, 0.05) is 11.8 Å². The Morgan fingerprint density at radius 3 is 2.91 bits per heavy atom. The van der Waals surface area contributed by atoms with Crippen molar-refractivity contribution in [2.45, 2.75) is 13.3 Å². The number of anilines is 1. The number of benzene rings is 2. The molecule has 0 unspecified atom stereocenters. The number of rotatable bonds is 4. The summed E-state index contributed by atoms with van der Waals surface area (Å²) in [6.45, 7) is 2.33. The molecule has 3 rings (SSSR count). The van der Waals surface area contributed by atoms with Gasteiger partial charge in [0.25, 0.3) is 0 Å². The molecule has 0 radical (unpaired) electrons. The van der Waals surface area contributed by atoms with Crippen LogP contribution in [0.1, 0.15) is 18.1 Å². The van der Waals surface area contributed by atoms with E-state index in [-0.39, 0.29) is 12.7 Å². The summed E-state index contributed by atoms with van der Waals surface area (Å²) < 4.78 is 10.6. The van der Waals surface area contributed by atoms with Gasteiger partial charge in [-0.15, -0.1) is 0 Å². The first-order valence-corrected chi connectivity index (χ1v) is 7.22. The van der Waals surface area contributed by atoms with Gasteiger partial charge >= 0.3 is 0 Å². The van der Waals surface area contributed by atoms with Gasteiger partial charge in [-0.3, -0.25) is 4.79 Å². The first-order chi connectivity index (χ1) is 10.7. The molecule has 0 fully saturated rings. The molecule has 4 nitrogen and oxygen atoms in total. The molecule has 0 saturated heterocycles. The second-order valence-electron chi connectivity index (χ2n) is 4.99. The molecule has 2 aromatic rings.